The Kier molecular flexibility index (Phi) is 7.34. The summed E-state index contributed by atoms with van der Waals surface area (Å²) >= 11 is 0. The van der Waals surface area contributed by atoms with Crippen LogP contribution in [0.1, 0.15) is 52.7 Å². The van der Waals surface area contributed by atoms with E-state index in [9.17, 15) is 0 Å². The molecule has 1 aromatic heterocycles. The van der Waals surface area contributed by atoms with Crippen LogP contribution < -0.4 is 0 Å². The SMILES string of the molecule is CC(C)(C)c1c2ccccc2c(C(C)(C)C)c2cc3c(cc12)c(-c1ccccc1)c(-c1ccccc1)n3-c1ccc(-c2ccccc2)cc1. The molecular formula is C48H43N. The summed E-state index contributed by atoms with van der Waals surface area (Å²) in [6.45, 7) is 14.2. The van der Waals surface area contributed by atoms with Gasteiger partial charge in [0.2, 0.25) is 0 Å². The fraction of sp³-hybridized carbons (Fsp3) is 0.167. The van der Waals surface area contributed by atoms with Gasteiger partial charge in [0.1, 0.15) is 0 Å². The van der Waals surface area contributed by atoms with Crippen LogP contribution in [0.5, 0.6) is 0 Å². The molecule has 0 saturated carbocycles. The molecule has 8 aromatic rings. The first-order valence-corrected chi connectivity index (χ1v) is 17.5. The van der Waals surface area contributed by atoms with Crippen LogP contribution in [0.2, 0.25) is 0 Å². The molecule has 0 amide bonds. The third-order valence-electron chi connectivity index (χ3n) is 9.95. The molecule has 0 fully saturated rings. The average Bonchev–Trinajstić information content (AvgIpc) is 3.43. The molecule has 0 N–H and O–H groups in total. The van der Waals surface area contributed by atoms with Crippen molar-refractivity contribution < 1.29 is 0 Å². The highest BCUT2D eigenvalue weighted by Gasteiger charge is 2.30. The monoisotopic (exact) mass is 633 g/mol. The largest absolute Gasteiger partial charge is 0.309 e. The van der Waals surface area contributed by atoms with E-state index < -0.39 is 0 Å². The van der Waals surface area contributed by atoms with Crippen LogP contribution in [0.4, 0.5) is 0 Å². The molecule has 1 heteroatoms. The Morgan fingerprint density at radius 2 is 0.796 bits per heavy atom. The molecule has 0 atom stereocenters. The van der Waals surface area contributed by atoms with Gasteiger partial charge in [0, 0.05) is 16.6 Å². The molecule has 0 aliphatic carbocycles. The maximum atomic E-state index is 2.52. The van der Waals surface area contributed by atoms with Gasteiger partial charge in [-0.05, 0) is 90.0 Å². The molecule has 1 heterocycles. The highest BCUT2D eigenvalue weighted by Crippen LogP contribution is 2.49. The Hall–Kier alpha value is -5.40. The fourth-order valence-electron chi connectivity index (χ4n) is 8.04. The summed E-state index contributed by atoms with van der Waals surface area (Å²) in [5.74, 6) is 0. The summed E-state index contributed by atoms with van der Waals surface area (Å²) in [6.07, 6.45) is 0. The van der Waals surface area contributed by atoms with E-state index >= 15 is 0 Å². The minimum atomic E-state index is -0.0682. The van der Waals surface area contributed by atoms with Crippen LogP contribution in [-0.4, -0.2) is 4.57 Å². The summed E-state index contributed by atoms with van der Waals surface area (Å²) in [7, 11) is 0. The molecule has 0 saturated heterocycles. The second kappa shape index (κ2) is 11.6. The number of nitrogens with zero attached hydrogens (tertiary/aromatic N) is 1. The Labute approximate surface area is 290 Å². The zero-order valence-corrected chi connectivity index (χ0v) is 29.4. The number of fused-ring (bicyclic) bond motifs is 3. The number of hydrogen-bond acceptors (Lipinski definition) is 0. The Morgan fingerprint density at radius 3 is 1.31 bits per heavy atom. The van der Waals surface area contributed by atoms with Crippen LogP contribution >= 0.6 is 0 Å². The lowest BCUT2D eigenvalue weighted by Gasteiger charge is -2.30. The predicted molar refractivity (Wildman–Crippen MR) is 212 cm³/mol. The van der Waals surface area contributed by atoms with Gasteiger partial charge in [0.15, 0.2) is 0 Å². The number of hydrogen-bond donors (Lipinski definition) is 0. The zero-order chi connectivity index (χ0) is 33.9. The second-order valence-corrected chi connectivity index (χ2v) is 15.4. The van der Waals surface area contributed by atoms with Gasteiger partial charge < -0.3 is 4.57 Å². The third kappa shape index (κ3) is 5.25. The van der Waals surface area contributed by atoms with E-state index in [-0.39, 0.29) is 10.8 Å². The average molecular weight is 634 g/mol. The van der Waals surface area contributed by atoms with Crippen molar-refractivity contribution >= 4 is 32.4 Å². The maximum Gasteiger partial charge on any atom is 0.0619 e. The lowest BCUT2D eigenvalue weighted by atomic mass is 9.74. The molecule has 49 heavy (non-hydrogen) atoms. The molecule has 0 unspecified atom stereocenters. The van der Waals surface area contributed by atoms with Crippen molar-refractivity contribution in [3.8, 4) is 39.2 Å². The van der Waals surface area contributed by atoms with Gasteiger partial charge in [-0.2, -0.15) is 0 Å². The molecule has 0 aliphatic rings. The minimum absolute atomic E-state index is 0.0626. The van der Waals surface area contributed by atoms with Crippen molar-refractivity contribution in [2.75, 3.05) is 0 Å². The maximum absolute atomic E-state index is 2.52. The molecular weight excluding hydrogens is 591 g/mol. The summed E-state index contributed by atoms with van der Waals surface area (Å²) in [6, 6.07) is 55.8. The number of benzene rings is 7. The van der Waals surface area contributed by atoms with E-state index in [1.54, 1.807) is 0 Å². The fourth-order valence-corrected chi connectivity index (χ4v) is 8.04. The van der Waals surface area contributed by atoms with Gasteiger partial charge in [-0.3, -0.25) is 0 Å². The first kappa shape index (κ1) is 30.9. The van der Waals surface area contributed by atoms with E-state index in [2.05, 4.69) is 198 Å². The third-order valence-corrected chi connectivity index (χ3v) is 9.95. The van der Waals surface area contributed by atoms with Crippen LogP contribution in [-0.2, 0) is 10.8 Å². The normalized spacial score (nSPS) is 12.3. The first-order valence-electron chi connectivity index (χ1n) is 17.5. The van der Waals surface area contributed by atoms with E-state index in [1.807, 2.05) is 0 Å². The van der Waals surface area contributed by atoms with Gasteiger partial charge in [-0.15, -0.1) is 0 Å². The standard InChI is InChI=1S/C48H43N/c1-47(2,3)44-37-24-16-17-25-38(37)45(48(4,5)6)40-31-42-41(30-39(40)44)43(34-20-12-8-13-21-34)46(35-22-14-9-15-23-35)49(42)36-28-26-33(27-29-36)32-18-10-7-11-19-32/h7-31H,1-6H3. The second-order valence-electron chi connectivity index (χ2n) is 15.4. The number of aromatic nitrogens is 1. The van der Waals surface area contributed by atoms with E-state index in [0.29, 0.717) is 0 Å². The van der Waals surface area contributed by atoms with Crippen molar-refractivity contribution in [3.05, 3.63) is 163 Å². The zero-order valence-electron chi connectivity index (χ0n) is 29.4. The van der Waals surface area contributed by atoms with Crippen LogP contribution in [0.3, 0.4) is 0 Å². The topological polar surface area (TPSA) is 4.93 Å². The Bertz CT molecular complexity index is 2450. The molecule has 8 rings (SSSR count). The van der Waals surface area contributed by atoms with E-state index in [1.165, 1.54) is 77.1 Å². The van der Waals surface area contributed by atoms with Crippen molar-refractivity contribution in [1.29, 1.82) is 0 Å². The van der Waals surface area contributed by atoms with Crippen LogP contribution in [0.25, 0.3) is 71.6 Å². The van der Waals surface area contributed by atoms with Gasteiger partial charge in [0.25, 0.3) is 0 Å². The highest BCUT2D eigenvalue weighted by atomic mass is 15.0. The van der Waals surface area contributed by atoms with E-state index in [0.717, 1.165) is 5.69 Å². The molecule has 7 aromatic carbocycles. The smallest absolute Gasteiger partial charge is 0.0619 e. The minimum Gasteiger partial charge on any atom is -0.309 e. The van der Waals surface area contributed by atoms with E-state index in [4.69, 9.17) is 0 Å². The highest BCUT2D eigenvalue weighted by molar-refractivity contribution is 6.16. The molecule has 0 bridgehead atoms. The summed E-state index contributed by atoms with van der Waals surface area (Å²) < 4.78 is 2.51. The van der Waals surface area contributed by atoms with Crippen molar-refractivity contribution in [1.82, 2.24) is 4.57 Å². The van der Waals surface area contributed by atoms with Crippen LogP contribution in [0, 0.1) is 0 Å². The lowest BCUT2D eigenvalue weighted by Crippen LogP contribution is -2.17. The molecule has 0 aliphatic heterocycles. The van der Waals surface area contributed by atoms with Crippen molar-refractivity contribution in [3.63, 3.8) is 0 Å². The van der Waals surface area contributed by atoms with Gasteiger partial charge in [-0.1, -0.05) is 169 Å². The molecule has 0 spiro atoms. The molecule has 240 valence electrons. The van der Waals surface area contributed by atoms with Gasteiger partial charge in [0.05, 0.1) is 11.2 Å². The number of rotatable bonds is 4. The van der Waals surface area contributed by atoms with Crippen LogP contribution in [0.15, 0.2) is 152 Å². The summed E-state index contributed by atoms with van der Waals surface area (Å²) in [4.78, 5) is 0. The quantitative estimate of drug-likeness (QED) is 0.170. The van der Waals surface area contributed by atoms with Gasteiger partial charge in [-0.25, -0.2) is 0 Å². The molecule has 0 radical (unpaired) electrons. The molecule has 1 nitrogen and oxygen atoms in total. The lowest BCUT2D eigenvalue weighted by molar-refractivity contribution is 0.593. The first-order chi connectivity index (χ1) is 23.6. The summed E-state index contributed by atoms with van der Waals surface area (Å²) in [5.41, 5.74) is 12.4. The van der Waals surface area contributed by atoms with Crippen molar-refractivity contribution in [2.24, 2.45) is 0 Å². The Balaban J connectivity index is 1.59. The van der Waals surface area contributed by atoms with Gasteiger partial charge >= 0.3 is 0 Å². The summed E-state index contributed by atoms with van der Waals surface area (Å²) in [5, 5.41) is 6.65. The van der Waals surface area contributed by atoms with Crippen molar-refractivity contribution in [2.45, 2.75) is 52.4 Å². The Morgan fingerprint density at radius 1 is 0.367 bits per heavy atom. The predicted octanol–water partition coefficient (Wildman–Crippen LogP) is 13.5.